The van der Waals surface area contributed by atoms with Crippen LogP contribution in [0.4, 0.5) is 0 Å². The number of unbranched alkanes of at least 4 members (excludes halogenated alkanes) is 1. The van der Waals surface area contributed by atoms with Gasteiger partial charge < -0.3 is 10.2 Å². The number of hydrogen-bond acceptors (Lipinski definition) is 2. The first-order valence-corrected chi connectivity index (χ1v) is 5.39. The van der Waals surface area contributed by atoms with Crippen LogP contribution < -0.4 is 5.32 Å². The molecule has 13 heavy (non-hydrogen) atoms. The van der Waals surface area contributed by atoms with Crippen LogP contribution in [0.5, 0.6) is 0 Å². The summed E-state index contributed by atoms with van der Waals surface area (Å²) in [6.45, 7) is 13.7. The Kier molecular flexibility index (Phi) is 9.49. The molecule has 0 unspecified atom stereocenters. The van der Waals surface area contributed by atoms with Crippen LogP contribution in [0.1, 0.15) is 26.7 Å². The molecule has 0 fully saturated rings. The van der Waals surface area contributed by atoms with E-state index in [4.69, 9.17) is 0 Å². The molecule has 0 radical (unpaired) electrons. The van der Waals surface area contributed by atoms with Crippen molar-refractivity contribution in [2.75, 3.05) is 32.7 Å². The average molecular weight is 184 g/mol. The lowest BCUT2D eigenvalue weighted by Gasteiger charge is -2.19. The van der Waals surface area contributed by atoms with E-state index < -0.39 is 0 Å². The molecule has 2 heteroatoms. The van der Waals surface area contributed by atoms with Gasteiger partial charge in [0.1, 0.15) is 0 Å². The fourth-order valence-corrected chi connectivity index (χ4v) is 1.25. The molecular weight excluding hydrogens is 160 g/mol. The Hall–Kier alpha value is -0.340. The second kappa shape index (κ2) is 9.75. The third-order valence-electron chi connectivity index (χ3n) is 2.17. The molecule has 0 spiro atoms. The maximum Gasteiger partial charge on any atom is 0.0132 e. The molecule has 2 nitrogen and oxygen atoms in total. The first-order valence-electron chi connectivity index (χ1n) is 5.39. The molecule has 0 saturated carbocycles. The van der Waals surface area contributed by atoms with Gasteiger partial charge in [0, 0.05) is 19.6 Å². The Morgan fingerprint density at radius 2 is 2.08 bits per heavy atom. The van der Waals surface area contributed by atoms with Gasteiger partial charge in [0.15, 0.2) is 0 Å². The van der Waals surface area contributed by atoms with Gasteiger partial charge in [-0.2, -0.15) is 0 Å². The van der Waals surface area contributed by atoms with E-state index in [1.165, 1.54) is 19.4 Å². The van der Waals surface area contributed by atoms with E-state index in [2.05, 4.69) is 30.6 Å². The number of nitrogens with zero attached hydrogens (tertiary/aromatic N) is 1. The van der Waals surface area contributed by atoms with Crippen molar-refractivity contribution >= 4 is 0 Å². The third-order valence-corrected chi connectivity index (χ3v) is 2.17. The van der Waals surface area contributed by atoms with E-state index in [-0.39, 0.29) is 0 Å². The largest absolute Gasteiger partial charge is 0.312 e. The Balaban J connectivity index is 3.30. The normalized spacial score (nSPS) is 10.7. The first-order chi connectivity index (χ1) is 6.35. The fourth-order valence-electron chi connectivity index (χ4n) is 1.25. The molecule has 0 aromatic heterocycles. The molecule has 0 atom stereocenters. The lowest BCUT2D eigenvalue weighted by Crippen LogP contribution is -2.32. The van der Waals surface area contributed by atoms with Crippen molar-refractivity contribution in [2.24, 2.45) is 0 Å². The molecule has 0 rings (SSSR count). The number of nitrogens with one attached hydrogen (secondary N) is 1. The SMILES string of the molecule is C=CCNCCN(CC)CCCC. The molecule has 0 aliphatic heterocycles. The van der Waals surface area contributed by atoms with Crippen molar-refractivity contribution in [1.82, 2.24) is 10.2 Å². The van der Waals surface area contributed by atoms with E-state index in [1.807, 2.05) is 6.08 Å². The Bertz CT molecular complexity index is 113. The van der Waals surface area contributed by atoms with E-state index in [0.717, 1.165) is 26.2 Å². The number of rotatable bonds is 9. The van der Waals surface area contributed by atoms with Crippen LogP contribution in [0, 0.1) is 0 Å². The van der Waals surface area contributed by atoms with Crippen LogP contribution in [0.15, 0.2) is 12.7 Å². The zero-order valence-electron chi connectivity index (χ0n) is 9.18. The summed E-state index contributed by atoms with van der Waals surface area (Å²) in [5.74, 6) is 0. The summed E-state index contributed by atoms with van der Waals surface area (Å²) in [6, 6.07) is 0. The first kappa shape index (κ1) is 12.7. The number of likely N-dealkylation sites (N-methyl/N-ethyl adjacent to an activating group) is 1. The molecule has 0 amide bonds. The molecule has 0 saturated heterocycles. The third kappa shape index (κ3) is 8.00. The Morgan fingerprint density at radius 3 is 2.62 bits per heavy atom. The lowest BCUT2D eigenvalue weighted by molar-refractivity contribution is 0.284. The summed E-state index contributed by atoms with van der Waals surface area (Å²) < 4.78 is 0. The minimum absolute atomic E-state index is 0.922. The highest BCUT2D eigenvalue weighted by atomic mass is 15.1. The Labute approximate surface area is 83.0 Å². The molecule has 0 aliphatic carbocycles. The van der Waals surface area contributed by atoms with Crippen LogP contribution in [0.3, 0.4) is 0 Å². The minimum atomic E-state index is 0.922. The maximum atomic E-state index is 3.67. The van der Waals surface area contributed by atoms with Crippen molar-refractivity contribution in [3.63, 3.8) is 0 Å². The topological polar surface area (TPSA) is 15.3 Å². The van der Waals surface area contributed by atoms with Crippen molar-refractivity contribution in [2.45, 2.75) is 26.7 Å². The second-order valence-corrected chi connectivity index (χ2v) is 3.28. The summed E-state index contributed by atoms with van der Waals surface area (Å²) in [5, 5.41) is 3.32. The van der Waals surface area contributed by atoms with E-state index in [9.17, 15) is 0 Å². The standard InChI is InChI=1S/C11H24N2/c1-4-7-10-13(6-3)11-9-12-8-5-2/h5,12H,2,4,6-11H2,1,3H3. The number of hydrogen-bond donors (Lipinski definition) is 1. The second-order valence-electron chi connectivity index (χ2n) is 3.28. The summed E-state index contributed by atoms with van der Waals surface area (Å²) in [5.41, 5.74) is 0. The van der Waals surface area contributed by atoms with Gasteiger partial charge in [-0.25, -0.2) is 0 Å². The van der Waals surface area contributed by atoms with Crippen molar-refractivity contribution in [1.29, 1.82) is 0 Å². The van der Waals surface area contributed by atoms with Gasteiger partial charge in [0.2, 0.25) is 0 Å². The quantitative estimate of drug-likeness (QED) is 0.435. The van der Waals surface area contributed by atoms with E-state index in [1.54, 1.807) is 0 Å². The van der Waals surface area contributed by atoms with Crippen LogP contribution in [-0.2, 0) is 0 Å². The average Bonchev–Trinajstić information content (AvgIpc) is 2.17. The van der Waals surface area contributed by atoms with Gasteiger partial charge in [-0.1, -0.05) is 26.3 Å². The minimum Gasteiger partial charge on any atom is -0.312 e. The molecule has 0 aliphatic rings. The summed E-state index contributed by atoms with van der Waals surface area (Å²) in [6.07, 6.45) is 4.51. The fraction of sp³-hybridized carbons (Fsp3) is 0.818. The zero-order chi connectivity index (χ0) is 9.94. The predicted molar refractivity (Wildman–Crippen MR) is 60.1 cm³/mol. The zero-order valence-corrected chi connectivity index (χ0v) is 9.18. The summed E-state index contributed by atoms with van der Waals surface area (Å²) >= 11 is 0. The van der Waals surface area contributed by atoms with Gasteiger partial charge in [-0.05, 0) is 19.5 Å². The van der Waals surface area contributed by atoms with Crippen LogP contribution in [0.2, 0.25) is 0 Å². The highest BCUT2D eigenvalue weighted by Crippen LogP contribution is 1.93. The lowest BCUT2D eigenvalue weighted by atomic mass is 10.3. The van der Waals surface area contributed by atoms with Crippen molar-refractivity contribution in [3.05, 3.63) is 12.7 Å². The monoisotopic (exact) mass is 184 g/mol. The molecule has 0 heterocycles. The van der Waals surface area contributed by atoms with Gasteiger partial charge >= 0.3 is 0 Å². The van der Waals surface area contributed by atoms with E-state index in [0.29, 0.717) is 0 Å². The summed E-state index contributed by atoms with van der Waals surface area (Å²) in [7, 11) is 0. The molecule has 1 N–H and O–H groups in total. The van der Waals surface area contributed by atoms with Crippen LogP contribution in [-0.4, -0.2) is 37.6 Å². The van der Waals surface area contributed by atoms with Gasteiger partial charge in [-0.15, -0.1) is 6.58 Å². The van der Waals surface area contributed by atoms with Crippen LogP contribution >= 0.6 is 0 Å². The summed E-state index contributed by atoms with van der Waals surface area (Å²) in [4.78, 5) is 2.49. The molecule has 0 bridgehead atoms. The maximum absolute atomic E-state index is 3.67. The van der Waals surface area contributed by atoms with Gasteiger partial charge in [0.05, 0.1) is 0 Å². The Morgan fingerprint density at radius 1 is 1.31 bits per heavy atom. The van der Waals surface area contributed by atoms with Crippen molar-refractivity contribution in [3.8, 4) is 0 Å². The molecular formula is C11H24N2. The van der Waals surface area contributed by atoms with Crippen molar-refractivity contribution < 1.29 is 0 Å². The van der Waals surface area contributed by atoms with Gasteiger partial charge in [0.25, 0.3) is 0 Å². The highest BCUT2D eigenvalue weighted by Gasteiger charge is 1.99. The molecule has 0 aromatic rings. The highest BCUT2D eigenvalue weighted by molar-refractivity contribution is 4.70. The molecule has 0 aromatic carbocycles. The van der Waals surface area contributed by atoms with Crippen LogP contribution in [0.25, 0.3) is 0 Å². The molecule has 78 valence electrons. The predicted octanol–water partition coefficient (Wildman–Crippen LogP) is 1.88. The smallest absolute Gasteiger partial charge is 0.0132 e. The van der Waals surface area contributed by atoms with Gasteiger partial charge in [-0.3, -0.25) is 0 Å². The van der Waals surface area contributed by atoms with E-state index >= 15 is 0 Å².